The van der Waals surface area contributed by atoms with Gasteiger partial charge in [0.15, 0.2) is 10.7 Å². The summed E-state index contributed by atoms with van der Waals surface area (Å²) in [6.45, 7) is 1.71. The average molecular weight is 304 g/mol. The third-order valence-corrected chi connectivity index (χ3v) is 3.40. The van der Waals surface area contributed by atoms with Crippen molar-refractivity contribution in [2.45, 2.75) is 6.92 Å². The molecule has 1 amide bonds. The zero-order valence-corrected chi connectivity index (χ0v) is 12.5. The van der Waals surface area contributed by atoms with Gasteiger partial charge in [0.25, 0.3) is 5.91 Å². The molecule has 0 saturated heterocycles. The molecule has 1 N–H and O–H groups in total. The Bertz CT molecular complexity index is 879. The smallest absolute Gasteiger partial charge is 0.300 e. The van der Waals surface area contributed by atoms with Crippen LogP contribution in [0.15, 0.2) is 60.7 Å². The fraction of sp³-hybridized carbons (Fsp3) is 0.0588. The minimum Gasteiger partial charge on any atom is -0.300 e. The van der Waals surface area contributed by atoms with Gasteiger partial charge in [-0.25, -0.2) is 4.68 Å². The van der Waals surface area contributed by atoms with Gasteiger partial charge in [-0.1, -0.05) is 36.4 Å². The molecule has 1 heterocycles. The second kappa shape index (κ2) is 6.12. The number of hydrogen-bond donors (Lipinski definition) is 1. The molecule has 6 heteroatoms. The first-order valence-corrected chi connectivity index (χ1v) is 7.07. The van der Waals surface area contributed by atoms with Crippen molar-refractivity contribution in [1.82, 2.24) is 9.78 Å². The number of hydrogen-bond acceptors (Lipinski definition) is 3. The molecule has 0 bridgehead atoms. The molecular formula is C17H14N5O+. The Morgan fingerprint density at radius 2 is 1.70 bits per heavy atom. The zero-order chi connectivity index (χ0) is 16.2. The van der Waals surface area contributed by atoms with Gasteiger partial charge < -0.3 is 0 Å². The van der Waals surface area contributed by atoms with Crippen LogP contribution in [-0.4, -0.2) is 15.7 Å². The topological polar surface area (TPSA) is 75.1 Å². The minimum absolute atomic E-state index is 0.234. The van der Waals surface area contributed by atoms with Gasteiger partial charge in [0, 0.05) is 5.56 Å². The van der Waals surface area contributed by atoms with E-state index in [4.69, 9.17) is 0 Å². The SMILES string of the molecule is Cc1nn(-c2ccccc2)c(NC(=O)c2ccccc2)c1[N+]#N. The van der Waals surface area contributed by atoms with E-state index in [0.29, 0.717) is 17.1 Å². The van der Waals surface area contributed by atoms with E-state index < -0.39 is 0 Å². The van der Waals surface area contributed by atoms with Crippen molar-refractivity contribution in [1.29, 1.82) is 5.39 Å². The molecule has 112 valence electrons. The van der Waals surface area contributed by atoms with Crippen LogP contribution in [0.25, 0.3) is 10.7 Å². The molecule has 23 heavy (non-hydrogen) atoms. The summed E-state index contributed by atoms with van der Waals surface area (Å²) in [4.78, 5) is 15.7. The molecule has 0 unspecified atom stereocenters. The summed E-state index contributed by atoms with van der Waals surface area (Å²) in [6, 6.07) is 18.1. The fourth-order valence-corrected chi connectivity index (χ4v) is 2.28. The number of aryl methyl sites for hydroxylation is 1. The summed E-state index contributed by atoms with van der Waals surface area (Å²) in [5.41, 5.74) is 2.02. The number of nitrogens with zero attached hydrogens (tertiary/aromatic N) is 4. The maximum Gasteiger partial charge on any atom is 0.449 e. The van der Waals surface area contributed by atoms with Gasteiger partial charge in [-0.3, -0.25) is 10.1 Å². The highest BCUT2D eigenvalue weighted by Gasteiger charge is 2.28. The predicted molar refractivity (Wildman–Crippen MR) is 87.4 cm³/mol. The van der Waals surface area contributed by atoms with Gasteiger partial charge in [0.05, 0.1) is 5.69 Å². The lowest BCUT2D eigenvalue weighted by molar-refractivity contribution is 0.102. The van der Waals surface area contributed by atoms with E-state index in [9.17, 15) is 10.2 Å². The molecule has 0 spiro atoms. The monoisotopic (exact) mass is 304 g/mol. The number of carbonyl (C=O) groups is 1. The van der Waals surface area contributed by atoms with E-state index in [1.54, 1.807) is 35.9 Å². The Morgan fingerprint density at radius 3 is 2.30 bits per heavy atom. The van der Waals surface area contributed by atoms with Crippen molar-refractivity contribution in [3.8, 4) is 5.69 Å². The van der Waals surface area contributed by atoms with Crippen molar-refractivity contribution in [3.63, 3.8) is 0 Å². The number of amides is 1. The molecule has 0 aliphatic heterocycles. The lowest BCUT2D eigenvalue weighted by atomic mass is 10.2. The molecule has 0 fully saturated rings. The van der Waals surface area contributed by atoms with E-state index in [-0.39, 0.29) is 11.6 Å². The second-order valence-corrected chi connectivity index (χ2v) is 4.95. The van der Waals surface area contributed by atoms with Crippen molar-refractivity contribution in [3.05, 3.63) is 76.9 Å². The number of anilines is 1. The van der Waals surface area contributed by atoms with Crippen molar-refractivity contribution in [2.75, 3.05) is 5.32 Å². The first-order valence-electron chi connectivity index (χ1n) is 7.07. The van der Waals surface area contributed by atoms with Crippen LogP contribution in [0.1, 0.15) is 16.1 Å². The number of nitrogens with one attached hydrogen (secondary N) is 1. The Balaban J connectivity index is 2.04. The largest absolute Gasteiger partial charge is 0.449 e. The van der Waals surface area contributed by atoms with Gasteiger partial charge in [-0.15, -0.1) is 0 Å². The average Bonchev–Trinajstić information content (AvgIpc) is 2.92. The van der Waals surface area contributed by atoms with Crippen LogP contribution in [0.4, 0.5) is 11.5 Å². The summed E-state index contributed by atoms with van der Waals surface area (Å²) in [5.74, 6) is 0.0256. The summed E-state index contributed by atoms with van der Waals surface area (Å²) < 4.78 is 1.55. The Kier molecular flexibility index (Phi) is 3.85. The number of para-hydroxylation sites is 1. The molecule has 0 saturated carbocycles. The first-order chi connectivity index (χ1) is 11.2. The molecule has 1 aromatic heterocycles. The number of aromatic nitrogens is 2. The summed E-state index contributed by atoms with van der Waals surface area (Å²) in [6.07, 6.45) is 0. The van der Waals surface area contributed by atoms with Gasteiger partial charge >= 0.3 is 5.69 Å². The van der Waals surface area contributed by atoms with Crippen LogP contribution in [-0.2, 0) is 0 Å². The van der Waals surface area contributed by atoms with Gasteiger partial charge in [0.1, 0.15) is 0 Å². The zero-order valence-electron chi connectivity index (χ0n) is 12.5. The fourth-order valence-electron chi connectivity index (χ4n) is 2.28. The van der Waals surface area contributed by atoms with Crippen molar-refractivity contribution in [2.24, 2.45) is 0 Å². The summed E-state index contributed by atoms with van der Waals surface area (Å²) in [5, 5.41) is 16.4. The first kappa shape index (κ1) is 14.5. The molecule has 0 aliphatic rings. The number of benzene rings is 2. The van der Waals surface area contributed by atoms with E-state index in [1.165, 1.54) is 0 Å². The predicted octanol–water partition coefficient (Wildman–Crippen LogP) is 3.92. The quantitative estimate of drug-likeness (QED) is 0.745. The third kappa shape index (κ3) is 2.80. The number of rotatable bonds is 3. The van der Waals surface area contributed by atoms with E-state index in [2.05, 4.69) is 15.4 Å². The molecule has 2 aromatic carbocycles. The highest BCUT2D eigenvalue weighted by Crippen LogP contribution is 2.31. The highest BCUT2D eigenvalue weighted by atomic mass is 16.1. The Morgan fingerprint density at radius 1 is 1.09 bits per heavy atom. The van der Waals surface area contributed by atoms with Crippen LogP contribution in [0.3, 0.4) is 0 Å². The molecule has 6 nitrogen and oxygen atoms in total. The second-order valence-electron chi connectivity index (χ2n) is 4.95. The maximum absolute atomic E-state index is 12.4. The Labute approximate surface area is 133 Å². The van der Waals surface area contributed by atoms with Crippen LogP contribution in [0.2, 0.25) is 0 Å². The molecule has 0 atom stereocenters. The third-order valence-electron chi connectivity index (χ3n) is 3.40. The van der Waals surface area contributed by atoms with E-state index >= 15 is 0 Å². The highest BCUT2D eigenvalue weighted by molar-refractivity contribution is 6.05. The lowest BCUT2D eigenvalue weighted by Crippen LogP contribution is -2.15. The van der Waals surface area contributed by atoms with Crippen molar-refractivity contribution >= 4 is 17.4 Å². The van der Waals surface area contributed by atoms with E-state index in [1.807, 2.05) is 36.4 Å². The molecular weight excluding hydrogens is 290 g/mol. The normalized spacial score (nSPS) is 10.1. The standard InChI is InChI=1S/C17H13N5O/c1-12-15(20-18)16(19-17(23)13-8-4-2-5-9-13)22(21-12)14-10-6-3-7-11-14/h2-11H,1H3/p+1. The minimum atomic E-state index is -0.299. The Hall–Kier alpha value is -3.46. The molecule has 0 radical (unpaired) electrons. The van der Waals surface area contributed by atoms with Crippen LogP contribution >= 0.6 is 0 Å². The number of carbonyl (C=O) groups excluding carboxylic acids is 1. The lowest BCUT2D eigenvalue weighted by Gasteiger charge is -2.07. The van der Waals surface area contributed by atoms with Gasteiger partial charge in [-0.2, -0.15) is 5.10 Å². The molecule has 3 aromatic rings. The van der Waals surface area contributed by atoms with E-state index in [0.717, 1.165) is 5.69 Å². The summed E-state index contributed by atoms with van der Waals surface area (Å²) >= 11 is 0. The maximum atomic E-state index is 12.4. The van der Waals surface area contributed by atoms with Gasteiger partial charge in [0.2, 0.25) is 11.2 Å². The summed E-state index contributed by atoms with van der Waals surface area (Å²) in [7, 11) is 0. The number of diazo groups is 1. The molecule has 0 aliphatic carbocycles. The van der Waals surface area contributed by atoms with Crippen molar-refractivity contribution < 1.29 is 4.79 Å². The van der Waals surface area contributed by atoms with Gasteiger partial charge in [-0.05, 0) is 31.2 Å². The van der Waals surface area contributed by atoms with Crippen LogP contribution in [0, 0.1) is 12.3 Å². The molecule has 3 rings (SSSR count). The van der Waals surface area contributed by atoms with Crippen LogP contribution in [0.5, 0.6) is 0 Å². The van der Waals surface area contributed by atoms with Crippen LogP contribution < -0.4 is 5.32 Å².